The molecule has 1 amide bonds. The minimum absolute atomic E-state index is 0.0470. The minimum Gasteiger partial charge on any atom is -0.495 e. The van der Waals surface area contributed by atoms with Crippen molar-refractivity contribution in [2.24, 2.45) is 0 Å². The lowest BCUT2D eigenvalue weighted by Crippen LogP contribution is -2.44. The quantitative estimate of drug-likeness (QED) is 0.407. The highest BCUT2D eigenvalue weighted by atomic mass is 16.5. The van der Waals surface area contributed by atoms with Gasteiger partial charge in [-0.05, 0) is 26.3 Å². The van der Waals surface area contributed by atoms with E-state index in [2.05, 4.69) is 10.3 Å². The summed E-state index contributed by atoms with van der Waals surface area (Å²) >= 11 is 0. The van der Waals surface area contributed by atoms with Gasteiger partial charge in [0.2, 0.25) is 0 Å². The van der Waals surface area contributed by atoms with Crippen LogP contribution < -0.4 is 10.1 Å². The first-order valence-corrected chi connectivity index (χ1v) is 7.99. The van der Waals surface area contributed by atoms with Crippen LogP contribution in [0.4, 0.5) is 0 Å². The lowest BCUT2D eigenvalue weighted by Gasteiger charge is -2.20. The number of hydrogen-bond donors (Lipinski definition) is 3. The van der Waals surface area contributed by atoms with Crippen molar-refractivity contribution in [2.45, 2.75) is 44.9 Å². The number of ether oxygens (including phenoxy) is 2. The Bertz CT molecular complexity index is 662. The molecule has 0 unspecified atom stereocenters. The third-order valence-corrected chi connectivity index (χ3v) is 3.33. The van der Waals surface area contributed by atoms with Gasteiger partial charge in [-0.15, -0.1) is 0 Å². The topological polar surface area (TPSA) is 139 Å². The molecule has 0 saturated carbocycles. The van der Waals surface area contributed by atoms with E-state index in [1.165, 1.54) is 25.6 Å². The van der Waals surface area contributed by atoms with Crippen LogP contribution in [0.2, 0.25) is 0 Å². The molecule has 9 nitrogen and oxygen atoms in total. The number of ketones is 1. The number of aliphatic hydroxyl groups excluding tert-OH is 1. The normalized spacial score (nSPS) is 12.8. The van der Waals surface area contributed by atoms with Gasteiger partial charge in [0.1, 0.15) is 11.8 Å². The van der Waals surface area contributed by atoms with Crippen molar-refractivity contribution in [1.82, 2.24) is 10.3 Å². The number of carbonyl (C=O) groups is 3. The first-order valence-electron chi connectivity index (χ1n) is 7.99. The Labute approximate surface area is 151 Å². The molecule has 0 aliphatic carbocycles. The van der Waals surface area contributed by atoms with Crippen LogP contribution in [0.25, 0.3) is 0 Å². The summed E-state index contributed by atoms with van der Waals surface area (Å²) in [6.45, 7) is 3.30. The number of nitrogens with one attached hydrogen (secondary N) is 2. The lowest BCUT2D eigenvalue weighted by molar-refractivity contribution is -0.152. The highest BCUT2D eigenvalue weighted by Crippen LogP contribution is 2.18. The second kappa shape index (κ2) is 10.2. The van der Waals surface area contributed by atoms with E-state index in [-0.39, 0.29) is 18.4 Å². The van der Waals surface area contributed by atoms with Crippen LogP contribution in [0.3, 0.4) is 0 Å². The maximum Gasteiger partial charge on any atom is 0.328 e. The highest BCUT2D eigenvalue weighted by Gasteiger charge is 2.27. The SMILES string of the molecule is COc1cncc([C@H](O)C(=O)N[C@@H](CCC(=O)C=N)C(=O)OC(C)C)c1. The maximum absolute atomic E-state index is 12.3. The second-order valence-corrected chi connectivity index (χ2v) is 5.76. The van der Waals surface area contributed by atoms with Crippen molar-refractivity contribution in [2.75, 3.05) is 7.11 Å². The van der Waals surface area contributed by atoms with Crippen LogP contribution in [0.1, 0.15) is 38.4 Å². The van der Waals surface area contributed by atoms with E-state index >= 15 is 0 Å². The number of hydrogen-bond acceptors (Lipinski definition) is 8. The summed E-state index contributed by atoms with van der Waals surface area (Å²) in [5, 5.41) is 19.5. The molecule has 0 fully saturated rings. The van der Waals surface area contributed by atoms with Crippen molar-refractivity contribution in [3.8, 4) is 5.75 Å². The molecule has 0 aliphatic heterocycles. The number of nitrogens with zero attached hydrogens (tertiary/aromatic N) is 1. The van der Waals surface area contributed by atoms with E-state index in [4.69, 9.17) is 14.9 Å². The van der Waals surface area contributed by atoms with E-state index in [0.717, 1.165) is 0 Å². The predicted molar refractivity (Wildman–Crippen MR) is 91.9 cm³/mol. The Morgan fingerprint density at radius 1 is 1.35 bits per heavy atom. The standard InChI is InChI=1S/C17H23N3O6/c1-10(2)26-17(24)14(5-4-12(21)7-18)20-16(23)15(22)11-6-13(25-3)9-19-8-11/h6-10,14-15,18,22H,4-5H2,1-3H3,(H,20,23)/t14-,15-/m0/s1. The van der Waals surface area contributed by atoms with E-state index < -0.39 is 35.9 Å². The third-order valence-electron chi connectivity index (χ3n) is 3.33. The largest absolute Gasteiger partial charge is 0.495 e. The molecule has 0 bridgehead atoms. The van der Waals surface area contributed by atoms with E-state index in [0.29, 0.717) is 12.0 Å². The molecule has 3 N–H and O–H groups in total. The zero-order chi connectivity index (χ0) is 19.7. The van der Waals surface area contributed by atoms with Crippen molar-refractivity contribution < 1.29 is 29.0 Å². The van der Waals surface area contributed by atoms with Crippen LogP contribution in [0, 0.1) is 5.41 Å². The molecule has 1 rings (SSSR count). The number of Topliss-reactive ketones (excluding diaryl/α,β-unsaturated/α-hetero) is 1. The summed E-state index contributed by atoms with van der Waals surface area (Å²) in [6, 6.07) is 0.319. The number of aromatic nitrogens is 1. The van der Waals surface area contributed by atoms with Gasteiger partial charge in [-0.3, -0.25) is 14.6 Å². The predicted octanol–water partition coefficient (Wildman–Crippen LogP) is 0.559. The number of carbonyl (C=O) groups excluding carboxylic acids is 3. The Balaban J connectivity index is 2.85. The van der Waals surface area contributed by atoms with Crippen molar-refractivity contribution in [3.63, 3.8) is 0 Å². The van der Waals surface area contributed by atoms with Gasteiger partial charge in [0.25, 0.3) is 5.91 Å². The lowest BCUT2D eigenvalue weighted by atomic mass is 10.1. The summed E-state index contributed by atoms with van der Waals surface area (Å²) in [6.07, 6.45) is 1.21. The van der Waals surface area contributed by atoms with Gasteiger partial charge >= 0.3 is 5.97 Å². The van der Waals surface area contributed by atoms with Crippen LogP contribution in [-0.2, 0) is 19.1 Å². The van der Waals surface area contributed by atoms with E-state index in [1.54, 1.807) is 13.8 Å². The number of rotatable bonds is 10. The molecule has 9 heteroatoms. The van der Waals surface area contributed by atoms with Gasteiger partial charge in [0.05, 0.1) is 25.6 Å². The van der Waals surface area contributed by atoms with Crippen molar-refractivity contribution in [3.05, 3.63) is 24.0 Å². The summed E-state index contributed by atoms with van der Waals surface area (Å²) in [7, 11) is 1.42. The summed E-state index contributed by atoms with van der Waals surface area (Å²) in [5.74, 6) is -1.68. The van der Waals surface area contributed by atoms with Gasteiger partial charge in [0, 0.05) is 18.2 Å². The molecule has 0 radical (unpaired) electrons. The molecule has 1 aromatic rings. The molecule has 0 aliphatic rings. The Kier molecular flexibility index (Phi) is 8.36. The number of methoxy groups -OCH3 is 1. The highest BCUT2D eigenvalue weighted by molar-refractivity contribution is 6.26. The monoisotopic (exact) mass is 365 g/mol. The van der Waals surface area contributed by atoms with Gasteiger partial charge < -0.3 is 25.3 Å². The van der Waals surface area contributed by atoms with Gasteiger partial charge in [0.15, 0.2) is 11.9 Å². The minimum atomic E-state index is -1.58. The maximum atomic E-state index is 12.3. The average Bonchev–Trinajstić information content (AvgIpc) is 2.63. The Hall–Kier alpha value is -2.81. The molecule has 142 valence electrons. The number of pyridine rings is 1. The molecule has 1 aromatic heterocycles. The van der Waals surface area contributed by atoms with Crippen LogP contribution >= 0.6 is 0 Å². The number of amides is 1. The molecule has 0 saturated heterocycles. The number of aliphatic hydroxyl groups is 1. The van der Waals surface area contributed by atoms with Crippen molar-refractivity contribution >= 4 is 23.9 Å². The van der Waals surface area contributed by atoms with E-state index in [9.17, 15) is 19.5 Å². The van der Waals surface area contributed by atoms with Crippen LogP contribution in [0.15, 0.2) is 18.5 Å². The smallest absolute Gasteiger partial charge is 0.328 e. The fraction of sp³-hybridized carbons (Fsp3) is 0.471. The molecule has 26 heavy (non-hydrogen) atoms. The Morgan fingerprint density at radius 2 is 2.04 bits per heavy atom. The molecule has 1 heterocycles. The average molecular weight is 365 g/mol. The van der Waals surface area contributed by atoms with Gasteiger partial charge in [-0.1, -0.05) is 0 Å². The first-order chi connectivity index (χ1) is 12.3. The molecular weight excluding hydrogens is 342 g/mol. The molecular formula is C17H23N3O6. The molecule has 0 aromatic carbocycles. The first kappa shape index (κ1) is 21.2. The van der Waals surface area contributed by atoms with Crippen LogP contribution in [0.5, 0.6) is 5.75 Å². The summed E-state index contributed by atoms with van der Waals surface area (Å²) < 4.78 is 10.1. The molecule has 0 spiro atoms. The fourth-order valence-corrected chi connectivity index (χ4v) is 2.02. The summed E-state index contributed by atoms with van der Waals surface area (Å²) in [5.41, 5.74) is 0.188. The third kappa shape index (κ3) is 6.60. The van der Waals surface area contributed by atoms with Crippen LogP contribution in [-0.4, -0.2) is 53.2 Å². The number of esters is 1. The van der Waals surface area contributed by atoms with E-state index in [1.807, 2.05) is 0 Å². The van der Waals surface area contributed by atoms with Gasteiger partial charge in [-0.25, -0.2) is 4.79 Å². The molecule has 2 atom stereocenters. The fourth-order valence-electron chi connectivity index (χ4n) is 2.02. The zero-order valence-electron chi connectivity index (χ0n) is 14.9. The Morgan fingerprint density at radius 3 is 2.62 bits per heavy atom. The van der Waals surface area contributed by atoms with Crippen molar-refractivity contribution in [1.29, 1.82) is 5.41 Å². The zero-order valence-corrected chi connectivity index (χ0v) is 14.9. The van der Waals surface area contributed by atoms with Gasteiger partial charge in [-0.2, -0.15) is 0 Å². The summed E-state index contributed by atoms with van der Waals surface area (Å²) in [4.78, 5) is 39.6. The second-order valence-electron chi connectivity index (χ2n) is 5.76.